The molecule has 8 nitrogen and oxygen atoms in total. The number of H-pyrrole nitrogens is 1. The van der Waals surface area contributed by atoms with Crippen molar-refractivity contribution in [3.63, 3.8) is 0 Å². The Bertz CT molecular complexity index is 1150. The zero-order valence-corrected chi connectivity index (χ0v) is 17.3. The molecular weight excluding hydrogens is 390 g/mol. The summed E-state index contributed by atoms with van der Waals surface area (Å²) < 4.78 is 29.9. The maximum atomic E-state index is 12.8. The molecule has 9 heteroatoms. The molecule has 0 atom stereocenters. The number of anilines is 1. The van der Waals surface area contributed by atoms with Gasteiger partial charge in [0, 0.05) is 31.7 Å². The summed E-state index contributed by atoms with van der Waals surface area (Å²) in [5, 5.41) is 3.11. The molecule has 29 heavy (non-hydrogen) atoms. The molecule has 0 aromatic carbocycles. The molecule has 0 saturated carbocycles. The number of hydrogen-bond donors (Lipinski definition) is 3. The molecule has 3 aromatic rings. The largest absolute Gasteiger partial charge is 0.384 e. The van der Waals surface area contributed by atoms with Crippen LogP contribution in [0.4, 0.5) is 5.82 Å². The van der Waals surface area contributed by atoms with Gasteiger partial charge in [-0.2, -0.15) is 0 Å². The zero-order valence-electron chi connectivity index (χ0n) is 16.5. The molecule has 0 unspecified atom stereocenters. The van der Waals surface area contributed by atoms with Crippen molar-refractivity contribution in [2.75, 3.05) is 32.3 Å². The Hall–Kier alpha value is -2.49. The van der Waals surface area contributed by atoms with Crippen LogP contribution in [0.5, 0.6) is 0 Å². The Balaban J connectivity index is 1.82. The summed E-state index contributed by atoms with van der Waals surface area (Å²) in [5.74, 6) is 0.277. The Morgan fingerprint density at radius 3 is 2.62 bits per heavy atom. The minimum Gasteiger partial charge on any atom is -0.384 e. The summed E-state index contributed by atoms with van der Waals surface area (Å²) in [6.45, 7) is 1.50. The molecule has 154 valence electrons. The molecule has 1 aliphatic heterocycles. The van der Waals surface area contributed by atoms with Crippen LogP contribution >= 0.6 is 0 Å². The number of nitrogens with two attached hydrogens (primary N) is 1. The summed E-state index contributed by atoms with van der Waals surface area (Å²) >= 11 is 0. The van der Waals surface area contributed by atoms with Gasteiger partial charge in [0.1, 0.15) is 10.6 Å². The van der Waals surface area contributed by atoms with E-state index in [0.717, 1.165) is 16.7 Å². The second-order valence-corrected chi connectivity index (χ2v) is 9.82. The number of fused-ring (bicyclic) bond motifs is 1. The first-order valence-corrected chi connectivity index (χ1v) is 11.4. The molecule has 0 bridgehead atoms. The number of nitrogens with zero attached hydrogens (tertiary/aromatic N) is 2. The summed E-state index contributed by atoms with van der Waals surface area (Å²) in [4.78, 5) is 12.5. The molecule has 0 radical (unpaired) electrons. The van der Waals surface area contributed by atoms with Crippen LogP contribution in [0.15, 0.2) is 30.3 Å². The standard InChI is InChI=1S/C20H25N5O3S/c1-22-12-14-11-18-15(23-14)3-4-16(24-18)17-9-13(10-19(21)25-17)20(29(2,26)27)5-7-28-8-6-20/h3-4,9-11,22-23H,5-8,12H2,1-2H3,(H2,21,25). The molecule has 4 rings (SSSR count). The van der Waals surface area contributed by atoms with Crippen molar-refractivity contribution in [1.82, 2.24) is 20.3 Å². The van der Waals surface area contributed by atoms with Gasteiger partial charge in [-0.15, -0.1) is 0 Å². The van der Waals surface area contributed by atoms with Gasteiger partial charge in [0.25, 0.3) is 0 Å². The van der Waals surface area contributed by atoms with Gasteiger partial charge in [-0.05, 0) is 55.8 Å². The Morgan fingerprint density at radius 1 is 1.17 bits per heavy atom. The van der Waals surface area contributed by atoms with Gasteiger partial charge in [0.05, 0.1) is 22.4 Å². The van der Waals surface area contributed by atoms with E-state index < -0.39 is 14.6 Å². The first-order chi connectivity index (χ1) is 13.8. The third-order valence-electron chi connectivity index (χ3n) is 5.54. The fraction of sp³-hybridized carbons (Fsp3) is 0.400. The van der Waals surface area contributed by atoms with Crippen LogP contribution in [0.3, 0.4) is 0 Å². The van der Waals surface area contributed by atoms with Crippen molar-refractivity contribution < 1.29 is 13.2 Å². The SMILES string of the molecule is CNCc1cc2nc(-c3cc(C4(S(C)(=O)=O)CCOCC4)cc(N)n3)ccc2[nH]1. The lowest BCUT2D eigenvalue weighted by Gasteiger charge is -2.36. The van der Waals surface area contributed by atoms with Gasteiger partial charge >= 0.3 is 0 Å². The van der Waals surface area contributed by atoms with E-state index in [2.05, 4.69) is 15.3 Å². The van der Waals surface area contributed by atoms with Crippen LogP contribution in [0, 0.1) is 0 Å². The van der Waals surface area contributed by atoms with Crippen molar-refractivity contribution in [2.24, 2.45) is 0 Å². The molecule has 0 amide bonds. The third-order valence-corrected chi connectivity index (χ3v) is 7.61. The first kappa shape index (κ1) is 19.8. The maximum absolute atomic E-state index is 12.8. The van der Waals surface area contributed by atoms with Crippen LogP contribution in [0.1, 0.15) is 24.1 Å². The molecule has 0 spiro atoms. The average Bonchev–Trinajstić information content (AvgIpc) is 3.09. The number of pyridine rings is 2. The molecule has 0 aliphatic carbocycles. The van der Waals surface area contributed by atoms with Crippen LogP contribution in [0.2, 0.25) is 0 Å². The van der Waals surface area contributed by atoms with Crippen LogP contribution < -0.4 is 11.1 Å². The van der Waals surface area contributed by atoms with Crippen LogP contribution in [-0.2, 0) is 25.9 Å². The van der Waals surface area contributed by atoms with Crippen molar-refractivity contribution in [3.8, 4) is 11.4 Å². The van der Waals surface area contributed by atoms with E-state index in [1.54, 1.807) is 12.1 Å². The molecule has 4 N–H and O–H groups in total. The van der Waals surface area contributed by atoms with E-state index in [4.69, 9.17) is 15.5 Å². The number of nitrogens with one attached hydrogen (secondary N) is 2. The lowest BCUT2D eigenvalue weighted by atomic mass is 9.90. The zero-order chi connectivity index (χ0) is 20.6. The Morgan fingerprint density at radius 2 is 1.93 bits per heavy atom. The molecule has 1 aliphatic rings. The van der Waals surface area contributed by atoms with Gasteiger partial charge in [-0.3, -0.25) is 0 Å². The van der Waals surface area contributed by atoms with Crippen molar-refractivity contribution >= 4 is 26.7 Å². The summed E-state index contributed by atoms with van der Waals surface area (Å²) in [6, 6.07) is 9.26. The van der Waals surface area contributed by atoms with Gasteiger partial charge < -0.3 is 20.8 Å². The van der Waals surface area contributed by atoms with Gasteiger partial charge in [-0.25, -0.2) is 18.4 Å². The minimum atomic E-state index is -3.39. The second-order valence-electron chi connectivity index (χ2n) is 7.50. The monoisotopic (exact) mass is 415 g/mol. The quantitative estimate of drug-likeness (QED) is 0.582. The topological polar surface area (TPSA) is 123 Å². The summed E-state index contributed by atoms with van der Waals surface area (Å²) in [5.41, 5.74) is 10.7. The molecule has 4 heterocycles. The highest BCUT2D eigenvalue weighted by Gasteiger charge is 2.44. The van der Waals surface area contributed by atoms with E-state index in [1.807, 2.05) is 25.2 Å². The molecule has 3 aromatic heterocycles. The highest BCUT2D eigenvalue weighted by molar-refractivity contribution is 7.91. The van der Waals surface area contributed by atoms with Gasteiger partial charge in [0.2, 0.25) is 0 Å². The second kappa shape index (κ2) is 7.40. The number of aromatic amines is 1. The van der Waals surface area contributed by atoms with Crippen molar-refractivity contribution in [3.05, 3.63) is 41.6 Å². The predicted molar refractivity (Wildman–Crippen MR) is 113 cm³/mol. The Labute approximate surface area is 169 Å². The molecule has 1 saturated heterocycles. The van der Waals surface area contributed by atoms with Gasteiger partial charge in [-0.1, -0.05) is 0 Å². The number of ether oxygens (including phenoxy) is 1. The number of nitrogen functional groups attached to an aromatic ring is 1. The number of aromatic nitrogens is 3. The highest BCUT2D eigenvalue weighted by atomic mass is 32.2. The summed E-state index contributed by atoms with van der Waals surface area (Å²) in [7, 11) is -1.50. The number of sulfone groups is 1. The fourth-order valence-corrected chi connectivity index (χ4v) is 5.47. The minimum absolute atomic E-state index is 0.277. The predicted octanol–water partition coefficient (Wildman–Crippen LogP) is 1.98. The summed E-state index contributed by atoms with van der Waals surface area (Å²) in [6.07, 6.45) is 2.07. The highest BCUT2D eigenvalue weighted by Crippen LogP contribution is 2.41. The van der Waals surface area contributed by atoms with Crippen molar-refractivity contribution in [2.45, 2.75) is 24.1 Å². The molecular formula is C20H25N5O3S. The van der Waals surface area contributed by atoms with Crippen LogP contribution in [0.25, 0.3) is 22.4 Å². The Kier molecular flexibility index (Phi) is 5.05. The van der Waals surface area contributed by atoms with Crippen molar-refractivity contribution in [1.29, 1.82) is 0 Å². The fourth-order valence-electron chi connectivity index (χ4n) is 4.01. The molecule has 1 fully saturated rings. The van der Waals surface area contributed by atoms with E-state index >= 15 is 0 Å². The number of hydrogen-bond acceptors (Lipinski definition) is 7. The van der Waals surface area contributed by atoms with E-state index in [-0.39, 0.29) is 5.82 Å². The normalized spacial score (nSPS) is 16.9. The average molecular weight is 416 g/mol. The van der Waals surface area contributed by atoms with Gasteiger partial charge in [0.15, 0.2) is 9.84 Å². The smallest absolute Gasteiger partial charge is 0.157 e. The van der Waals surface area contributed by atoms with E-state index in [0.29, 0.717) is 49.6 Å². The van der Waals surface area contributed by atoms with Crippen LogP contribution in [-0.4, -0.2) is 49.9 Å². The number of rotatable bonds is 5. The van der Waals surface area contributed by atoms with E-state index in [9.17, 15) is 8.42 Å². The maximum Gasteiger partial charge on any atom is 0.157 e. The first-order valence-electron chi connectivity index (χ1n) is 9.51. The lowest BCUT2D eigenvalue weighted by Crippen LogP contribution is -2.40. The lowest BCUT2D eigenvalue weighted by molar-refractivity contribution is 0.0742. The van der Waals surface area contributed by atoms with E-state index in [1.165, 1.54) is 6.26 Å². The third kappa shape index (κ3) is 3.61.